The molecule has 2 N–H and O–H groups in total. The molecule has 1 amide bonds. The van der Waals surface area contributed by atoms with E-state index < -0.39 is 5.92 Å². The predicted molar refractivity (Wildman–Crippen MR) is 115 cm³/mol. The molecule has 0 saturated heterocycles. The van der Waals surface area contributed by atoms with E-state index in [1.54, 1.807) is 37.4 Å². The molecule has 0 aliphatic carbocycles. The maximum atomic E-state index is 13.4. The Labute approximate surface area is 182 Å². The van der Waals surface area contributed by atoms with Gasteiger partial charge in [-0.25, -0.2) is 9.37 Å². The third kappa shape index (κ3) is 4.41. The maximum absolute atomic E-state index is 13.4. The monoisotopic (exact) mass is 441 g/mol. The molecule has 2 aromatic carbocycles. The summed E-state index contributed by atoms with van der Waals surface area (Å²) in [7, 11) is 3.08. The number of hydrogen-bond acceptors (Lipinski definition) is 6. The lowest BCUT2D eigenvalue weighted by atomic mass is 9.86. The number of nitrogens with zero attached hydrogens (tertiary/aromatic N) is 1. The van der Waals surface area contributed by atoms with E-state index in [0.717, 1.165) is 5.56 Å². The average Bonchev–Trinajstić information content (AvgIpc) is 2.76. The lowest BCUT2D eigenvalue weighted by molar-refractivity contribution is -0.116. The number of H-pyrrole nitrogens is 1. The van der Waals surface area contributed by atoms with E-state index in [1.807, 2.05) is 0 Å². The third-order valence-electron chi connectivity index (χ3n) is 5.01. The normalized spacial score (nSPS) is 15.2. The van der Waals surface area contributed by atoms with Crippen molar-refractivity contribution in [3.8, 4) is 11.5 Å². The molecule has 1 aliphatic heterocycles. The van der Waals surface area contributed by atoms with Gasteiger partial charge in [0.25, 0.3) is 5.56 Å². The van der Waals surface area contributed by atoms with Crippen molar-refractivity contribution in [2.75, 3.05) is 19.5 Å². The van der Waals surface area contributed by atoms with Crippen molar-refractivity contribution in [3.05, 3.63) is 75.3 Å². The summed E-state index contributed by atoms with van der Waals surface area (Å²) >= 11 is 1.25. The summed E-state index contributed by atoms with van der Waals surface area (Å²) in [6.07, 6.45) is 0.0804. The third-order valence-corrected chi connectivity index (χ3v) is 5.95. The van der Waals surface area contributed by atoms with Gasteiger partial charge in [0, 0.05) is 23.7 Å². The SMILES string of the molecule is COc1ccc(OC)c(C2CC(=O)Nc3nc(SCc4cccc(F)c4)[nH]c(=O)c32)c1. The number of carbonyl (C=O) groups excluding carboxylic acids is 1. The number of ether oxygens (including phenoxy) is 2. The van der Waals surface area contributed by atoms with Gasteiger partial charge in [-0.2, -0.15) is 0 Å². The first-order valence-electron chi connectivity index (χ1n) is 9.51. The first-order chi connectivity index (χ1) is 15.0. The van der Waals surface area contributed by atoms with Crippen molar-refractivity contribution >= 4 is 23.5 Å². The molecule has 1 aromatic heterocycles. The molecule has 0 saturated carbocycles. The summed E-state index contributed by atoms with van der Waals surface area (Å²) in [5, 5.41) is 3.04. The van der Waals surface area contributed by atoms with Gasteiger partial charge in [-0.05, 0) is 35.9 Å². The Kier molecular flexibility index (Phi) is 5.94. The Morgan fingerprint density at radius 3 is 2.74 bits per heavy atom. The zero-order chi connectivity index (χ0) is 22.0. The fourth-order valence-electron chi connectivity index (χ4n) is 3.57. The number of anilines is 1. The van der Waals surface area contributed by atoms with E-state index >= 15 is 0 Å². The molecule has 0 fully saturated rings. The van der Waals surface area contributed by atoms with Gasteiger partial charge in [-0.15, -0.1) is 0 Å². The molecule has 0 bridgehead atoms. The highest BCUT2D eigenvalue weighted by Crippen LogP contribution is 2.40. The van der Waals surface area contributed by atoms with E-state index in [4.69, 9.17) is 9.47 Å². The number of aromatic amines is 1. The van der Waals surface area contributed by atoms with Crippen LogP contribution in [0, 0.1) is 5.82 Å². The van der Waals surface area contributed by atoms with Gasteiger partial charge in [-0.1, -0.05) is 23.9 Å². The molecule has 7 nitrogen and oxygen atoms in total. The zero-order valence-electron chi connectivity index (χ0n) is 16.9. The number of carbonyl (C=O) groups is 1. The first-order valence-corrected chi connectivity index (χ1v) is 10.5. The topological polar surface area (TPSA) is 93.3 Å². The number of hydrogen-bond donors (Lipinski definition) is 2. The molecule has 1 unspecified atom stereocenters. The van der Waals surface area contributed by atoms with Gasteiger partial charge in [-0.3, -0.25) is 9.59 Å². The minimum Gasteiger partial charge on any atom is -0.497 e. The fourth-order valence-corrected chi connectivity index (χ4v) is 4.38. The number of methoxy groups -OCH3 is 2. The Hall–Kier alpha value is -3.33. The zero-order valence-corrected chi connectivity index (χ0v) is 17.7. The van der Waals surface area contributed by atoms with E-state index in [2.05, 4.69) is 15.3 Å². The summed E-state index contributed by atoms with van der Waals surface area (Å²) in [6.45, 7) is 0. The van der Waals surface area contributed by atoms with Crippen molar-refractivity contribution in [1.82, 2.24) is 9.97 Å². The van der Waals surface area contributed by atoms with Gasteiger partial charge in [0.1, 0.15) is 23.1 Å². The van der Waals surface area contributed by atoms with Crippen LogP contribution in [0.2, 0.25) is 0 Å². The smallest absolute Gasteiger partial charge is 0.257 e. The van der Waals surface area contributed by atoms with Crippen LogP contribution in [-0.2, 0) is 10.5 Å². The van der Waals surface area contributed by atoms with Crippen LogP contribution in [0.25, 0.3) is 0 Å². The maximum Gasteiger partial charge on any atom is 0.257 e. The number of amides is 1. The Morgan fingerprint density at radius 2 is 2.00 bits per heavy atom. The highest BCUT2D eigenvalue weighted by atomic mass is 32.2. The lowest BCUT2D eigenvalue weighted by Gasteiger charge is -2.26. The number of fused-ring (bicyclic) bond motifs is 1. The number of rotatable bonds is 6. The number of aromatic nitrogens is 2. The Bertz CT molecular complexity index is 1200. The van der Waals surface area contributed by atoms with E-state index in [-0.39, 0.29) is 29.5 Å². The molecule has 2 heterocycles. The van der Waals surface area contributed by atoms with Crippen LogP contribution in [0.3, 0.4) is 0 Å². The second-order valence-corrected chi connectivity index (χ2v) is 7.93. The van der Waals surface area contributed by atoms with Gasteiger partial charge in [0.15, 0.2) is 5.16 Å². The van der Waals surface area contributed by atoms with Crippen molar-refractivity contribution in [1.29, 1.82) is 0 Å². The van der Waals surface area contributed by atoms with Crippen LogP contribution >= 0.6 is 11.8 Å². The van der Waals surface area contributed by atoms with Crippen LogP contribution in [0.4, 0.5) is 10.2 Å². The molecular weight excluding hydrogens is 421 g/mol. The Morgan fingerprint density at radius 1 is 1.16 bits per heavy atom. The average molecular weight is 441 g/mol. The molecule has 160 valence electrons. The van der Waals surface area contributed by atoms with Crippen molar-refractivity contribution in [2.45, 2.75) is 23.2 Å². The van der Waals surface area contributed by atoms with Crippen LogP contribution < -0.4 is 20.3 Å². The molecule has 0 radical (unpaired) electrons. The summed E-state index contributed by atoms with van der Waals surface area (Å²) in [5.74, 6) is 0.670. The Balaban J connectivity index is 1.70. The molecule has 9 heteroatoms. The van der Waals surface area contributed by atoms with Crippen molar-refractivity contribution < 1.29 is 18.7 Å². The molecule has 31 heavy (non-hydrogen) atoms. The lowest BCUT2D eigenvalue weighted by Crippen LogP contribution is -2.31. The minimum absolute atomic E-state index is 0.0804. The molecule has 4 rings (SSSR count). The molecular formula is C22H20FN3O4S. The van der Waals surface area contributed by atoms with Crippen LogP contribution in [0.1, 0.15) is 29.0 Å². The second-order valence-electron chi connectivity index (χ2n) is 6.96. The number of thioether (sulfide) groups is 1. The van der Waals surface area contributed by atoms with E-state index in [0.29, 0.717) is 33.5 Å². The summed E-state index contributed by atoms with van der Waals surface area (Å²) in [6, 6.07) is 11.5. The van der Waals surface area contributed by atoms with Crippen LogP contribution in [0.15, 0.2) is 52.4 Å². The predicted octanol–water partition coefficient (Wildman–Crippen LogP) is 3.69. The van der Waals surface area contributed by atoms with E-state index in [1.165, 1.54) is 31.0 Å². The van der Waals surface area contributed by atoms with E-state index in [9.17, 15) is 14.0 Å². The van der Waals surface area contributed by atoms with Crippen LogP contribution in [0.5, 0.6) is 11.5 Å². The van der Waals surface area contributed by atoms with Crippen molar-refractivity contribution in [2.24, 2.45) is 0 Å². The first kappa shape index (κ1) is 20.9. The van der Waals surface area contributed by atoms with Gasteiger partial charge < -0.3 is 19.8 Å². The van der Waals surface area contributed by atoms with Crippen LogP contribution in [-0.4, -0.2) is 30.1 Å². The molecule has 1 atom stereocenters. The number of nitrogens with one attached hydrogen (secondary N) is 2. The summed E-state index contributed by atoms with van der Waals surface area (Å²) in [4.78, 5) is 32.6. The standard InChI is InChI=1S/C22H20FN3O4S/c1-29-14-6-7-17(30-2)15(9-14)16-10-18(27)24-20-19(16)21(28)26-22(25-20)31-11-12-4-3-5-13(23)8-12/h3-9,16H,10-11H2,1-2H3,(H2,24,25,26,27,28). The molecule has 1 aliphatic rings. The summed E-state index contributed by atoms with van der Waals surface area (Å²) in [5.41, 5.74) is 1.45. The second kappa shape index (κ2) is 8.81. The number of halogens is 1. The quantitative estimate of drug-likeness (QED) is 0.448. The molecule has 3 aromatic rings. The van der Waals surface area contributed by atoms with Gasteiger partial charge in [0.2, 0.25) is 5.91 Å². The highest BCUT2D eigenvalue weighted by molar-refractivity contribution is 7.98. The van der Waals surface area contributed by atoms with Gasteiger partial charge >= 0.3 is 0 Å². The minimum atomic E-state index is -0.535. The van der Waals surface area contributed by atoms with Gasteiger partial charge in [0.05, 0.1) is 19.8 Å². The molecule has 0 spiro atoms. The number of benzene rings is 2. The van der Waals surface area contributed by atoms with Crippen molar-refractivity contribution in [3.63, 3.8) is 0 Å². The fraction of sp³-hybridized carbons (Fsp3) is 0.227. The summed E-state index contributed by atoms with van der Waals surface area (Å²) < 4.78 is 24.2. The largest absolute Gasteiger partial charge is 0.497 e. The highest BCUT2D eigenvalue weighted by Gasteiger charge is 2.33.